The van der Waals surface area contributed by atoms with Crippen LogP contribution in [0.1, 0.15) is 18.1 Å². The average molecular weight is 523 g/mol. The molecule has 0 saturated heterocycles. The molecule has 0 fully saturated rings. The van der Waals surface area contributed by atoms with Crippen LogP contribution in [0.4, 0.5) is 0 Å². The lowest BCUT2D eigenvalue weighted by Crippen LogP contribution is -2.15. The van der Waals surface area contributed by atoms with Crippen LogP contribution in [0.2, 0.25) is 0 Å². The first-order valence-corrected chi connectivity index (χ1v) is 13.3. The first-order chi connectivity index (χ1) is 19.7. The second kappa shape index (κ2) is 11.4. The molecule has 3 N–H and O–H groups in total. The van der Waals surface area contributed by atoms with Crippen molar-refractivity contribution in [3.63, 3.8) is 0 Å². The normalized spacial score (nSPS) is 12.3. The summed E-state index contributed by atoms with van der Waals surface area (Å²) in [5.41, 5.74) is 10.4. The Kier molecular flexibility index (Phi) is 7.16. The quantitative estimate of drug-likeness (QED) is 0.172. The minimum absolute atomic E-state index is 0.680. The molecule has 6 heteroatoms. The van der Waals surface area contributed by atoms with E-state index in [1.807, 2.05) is 49.8 Å². The maximum Gasteiger partial charge on any atom is 0.181 e. The fourth-order valence-corrected chi connectivity index (χ4v) is 5.00. The molecule has 0 aliphatic carbocycles. The SMILES string of the molecule is C=C/C(=C\C(=C/C)c1cnc2n[nH]c(-c3cc4c(-c5ccncc5)cccc4[nH]3)c2c1)CNCc1ccccc1. The van der Waals surface area contributed by atoms with Crippen molar-refractivity contribution in [3.8, 4) is 22.5 Å². The Hall–Kier alpha value is -5.07. The molecule has 0 aliphatic heterocycles. The summed E-state index contributed by atoms with van der Waals surface area (Å²) in [6.07, 6.45) is 11.7. The van der Waals surface area contributed by atoms with Crippen LogP contribution in [0, 0.1) is 0 Å². The molecule has 6 rings (SSSR count). The van der Waals surface area contributed by atoms with E-state index in [4.69, 9.17) is 0 Å². The Morgan fingerprint density at radius 3 is 2.62 bits per heavy atom. The van der Waals surface area contributed by atoms with Crippen molar-refractivity contribution < 1.29 is 0 Å². The monoisotopic (exact) mass is 522 g/mol. The van der Waals surface area contributed by atoms with Crippen LogP contribution in [0.25, 0.3) is 50.0 Å². The van der Waals surface area contributed by atoms with Crippen LogP contribution in [-0.4, -0.2) is 31.7 Å². The van der Waals surface area contributed by atoms with Crippen molar-refractivity contribution in [1.29, 1.82) is 0 Å². The number of hydrogen-bond acceptors (Lipinski definition) is 4. The van der Waals surface area contributed by atoms with Crippen molar-refractivity contribution in [2.75, 3.05) is 6.54 Å². The van der Waals surface area contributed by atoms with E-state index in [0.29, 0.717) is 5.65 Å². The summed E-state index contributed by atoms with van der Waals surface area (Å²) in [6.45, 7) is 7.61. The highest BCUT2D eigenvalue weighted by atomic mass is 15.2. The molecule has 0 aliphatic rings. The van der Waals surface area contributed by atoms with Crippen LogP contribution in [0.15, 0.2) is 122 Å². The minimum atomic E-state index is 0.680. The second-order valence-corrected chi connectivity index (χ2v) is 9.64. The number of allylic oxidation sites excluding steroid dienone is 3. The number of aromatic amines is 2. The number of pyridine rings is 2. The summed E-state index contributed by atoms with van der Waals surface area (Å²) < 4.78 is 0. The topological polar surface area (TPSA) is 82.3 Å². The van der Waals surface area contributed by atoms with Crippen molar-refractivity contribution in [2.45, 2.75) is 13.5 Å². The Balaban J connectivity index is 1.31. The van der Waals surface area contributed by atoms with Gasteiger partial charge in [0.2, 0.25) is 0 Å². The summed E-state index contributed by atoms with van der Waals surface area (Å²) >= 11 is 0. The van der Waals surface area contributed by atoms with E-state index in [1.165, 1.54) is 5.56 Å². The number of benzene rings is 2. The van der Waals surface area contributed by atoms with Gasteiger partial charge in [0.25, 0.3) is 0 Å². The van der Waals surface area contributed by atoms with Crippen molar-refractivity contribution >= 4 is 27.5 Å². The van der Waals surface area contributed by atoms with Gasteiger partial charge < -0.3 is 10.3 Å². The van der Waals surface area contributed by atoms with E-state index in [0.717, 1.165) is 68.6 Å². The Morgan fingerprint density at radius 1 is 0.975 bits per heavy atom. The molecule has 0 radical (unpaired) electrons. The lowest BCUT2D eigenvalue weighted by Gasteiger charge is -2.08. The number of H-pyrrole nitrogens is 2. The molecule has 0 amide bonds. The van der Waals surface area contributed by atoms with Crippen LogP contribution < -0.4 is 5.32 Å². The van der Waals surface area contributed by atoms with Crippen LogP contribution in [0.5, 0.6) is 0 Å². The number of rotatable bonds is 9. The van der Waals surface area contributed by atoms with E-state index >= 15 is 0 Å². The number of aromatic nitrogens is 5. The molecule has 4 aromatic heterocycles. The van der Waals surface area contributed by atoms with Crippen LogP contribution in [0.3, 0.4) is 0 Å². The van der Waals surface area contributed by atoms with Crippen molar-refractivity contribution in [2.24, 2.45) is 0 Å². The lowest BCUT2D eigenvalue weighted by molar-refractivity contribution is 0.747. The molecule has 0 atom stereocenters. The molecular weight excluding hydrogens is 492 g/mol. The lowest BCUT2D eigenvalue weighted by atomic mass is 10.0. The van der Waals surface area contributed by atoms with Gasteiger partial charge in [0, 0.05) is 53.5 Å². The fourth-order valence-electron chi connectivity index (χ4n) is 5.00. The van der Waals surface area contributed by atoms with Crippen molar-refractivity contribution in [3.05, 3.63) is 133 Å². The molecule has 0 saturated carbocycles. The maximum absolute atomic E-state index is 4.68. The number of fused-ring (bicyclic) bond motifs is 2. The Bertz CT molecular complexity index is 1840. The van der Waals surface area contributed by atoms with E-state index in [-0.39, 0.29) is 0 Å². The summed E-state index contributed by atoms with van der Waals surface area (Å²) in [6, 6.07) is 25.1. The number of nitrogens with one attached hydrogen (secondary N) is 3. The second-order valence-electron chi connectivity index (χ2n) is 9.64. The maximum atomic E-state index is 4.68. The molecule has 6 nitrogen and oxygen atoms in total. The summed E-state index contributed by atoms with van der Waals surface area (Å²) in [7, 11) is 0. The average Bonchev–Trinajstić information content (AvgIpc) is 3.63. The molecule has 0 unspecified atom stereocenters. The molecular formula is C34H30N6. The zero-order valence-corrected chi connectivity index (χ0v) is 22.4. The van der Waals surface area contributed by atoms with Gasteiger partial charge in [-0.05, 0) is 65.1 Å². The first kappa shape index (κ1) is 25.2. The van der Waals surface area contributed by atoms with Gasteiger partial charge in [-0.25, -0.2) is 4.98 Å². The van der Waals surface area contributed by atoms with Gasteiger partial charge in [0.05, 0.1) is 11.4 Å². The van der Waals surface area contributed by atoms with Gasteiger partial charge >= 0.3 is 0 Å². The highest BCUT2D eigenvalue weighted by molar-refractivity contribution is 6.01. The van der Waals surface area contributed by atoms with Gasteiger partial charge in [-0.15, -0.1) is 0 Å². The molecule has 0 bridgehead atoms. The van der Waals surface area contributed by atoms with Gasteiger partial charge in [0.1, 0.15) is 0 Å². The van der Waals surface area contributed by atoms with Crippen LogP contribution >= 0.6 is 0 Å². The standard InChI is InChI=1S/C34H30N6/c1-3-23(20-36-21-24-9-6-5-7-10-24)17-25(4-2)27-18-30-33(39-40-34(30)37-22-27)32-19-29-28(11-8-12-31(29)38-32)26-13-15-35-16-14-26/h3-19,22,36,38H,1,20-21H2,2H3,(H,37,39,40)/b23-17+,25-4+. The third kappa shape index (κ3) is 5.13. The van der Waals surface area contributed by atoms with Gasteiger partial charge in [-0.1, -0.05) is 67.3 Å². The number of hydrogen-bond donors (Lipinski definition) is 3. The van der Waals surface area contributed by atoms with Gasteiger partial charge in [-0.2, -0.15) is 5.10 Å². The van der Waals surface area contributed by atoms with E-state index in [9.17, 15) is 0 Å². The summed E-state index contributed by atoms with van der Waals surface area (Å²) in [5, 5.41) is 13.3. The molecule has 40 heavy (non-hydrogen) atoms. The van der Waals surface area contributed by atoms with E-state index < -0.39 is 0 Å². The molecule has 2 aromatic carbocycles. The molecule has 4 heterocycles. The molecule has 196 valence electrons. The predicted molar refractivity (Wildman–Crippen MR) is 164 cm³/mol. The highest BCUT2D eigenvalue weighted by Gasteiger charge is 2.15. The van der Waals surface area contributed by atoms with Gasteiger partial charge in [-0.3, -0.25) is 10.1 Å². The van der Waals surface area contributed by atoms with Crippen LogP contribution in [-0.2, 0) is 6.54 Å². The smallest absolute Gasteiger partial charge is 0.181 e. The highest BCUT2D eigenvalue weighted by Crippen LogP contribution is 2.34. The third-order valence-corrected chi connectivity index (χ3v) is 7.08. The fraction of sp³-hybridized carbons (Fsp3) is 0.0882. The number of nitrogens with zero attached hydrogens (tertiary/aromatic N) is 3. The zero-order valence-electron chi connectivity index (χ0n) is 22.4. The summed E-state index contributed by atoms with van der Waals surface area (Å²) in [4.78, 5) is 12.4. The molecule has 0 spiro atoms. The van der Waals surface area contributed by atoms with E-state index in [1.54, 1.807) is 0 Å². The summed E-state index contributed by atoms with van der Waals surface area (Å²) in [5.74, 6) is 0. The Morgan fingerprint density at radius 2 is 1.82 bits per heavy atom. The van der Waals surface area contributed by atoms with Gasteiger partial charge in [0.15, 0.2) is 5.65 Å². The largest absolute Gasteiger partial charge is 0.353 e. The Labute approximate surface area is 233 Å². The first-order valence-electron chi connectivity index (χ1n) is 13.3. The zero-order chi connectivity index (χ0) is 27.3. The minimum Gasteiger partial charge on any atom is -0.353 e. The van der Waals surface area contributed by atoms with Crippen molar-refractivity contribution in [1.82, 2.24) is 30.5 Å². The third-order valence-electron chi connectivity index (χ3n) is 7.08. The molecule has 6 aromatic rings. The predicted octanol–water partition coefficient (Wildman–Crippen LogP) is 7.47. The van der Waals surface area contributed by atoms with E-state index in [2.05, 4.69) is 104 Å².